The highest BCUT2D eigenvalue weighted by Gasteiger charge is 2.16. The molecule has 142 valence electrons. The molecule has 1 heterocycles. The molecule has 28 heavy (non-hydrogen) atoms. The minimum atomic E-state index is -0.575. The lowest BCUT2D eigenvalue weighted by molar-refractivity contribution is -0.384. The van der Waals surface area contributed by atoms with Crippen LogP contribution in [0.1, 0.15) is 16.1 Å². The molecule has 0 aliphatic carbocycles. The van der Waals surface area contributed by atoms with Crippen LogP contribution in [0.15, 0.2) is 65.5 Å². The van der Waals surface area contributed by atoms with Crippen LogP contribution in [0.2, 0.25) is 0 Å². The highest BCUT2D eigenvalue weighted by Crippen LogP contribution is 2.29. The minimum Gasteiger partial charge on any atom is -0.494 e. The standard InChI is InChI=1S/C19H16N4O5/c1-28-17-11-14(23(26)27)7-8-15(17)20-19(25)16-9-10-18(24)22(21-16)12-13-5-3-2-4-6-13/h2-11H,12H2,1H3,(H,20,25). The molecule has 9 heteroatoms. The lowest BCUT2D eigenvalue weighted by Crippen LogP contribution is -2.26. The van der Waals surface area contributed by atoms with Gasteiger partial charge in [0.15, 0.2) is 0 Å². The van der Waals surface area contributed by atoms with Gasteiger partial charge in [-0.15, -0.1) is 0 Å². The van der Waals surface area contributed by atoms with Crippen molar-refractivity contribution in [3.63, 3.8) is 0 Å². The molecule has 3 aromatic rings. The number of rotatable bonds is 6. The fraction of sp³-hybridized carbons (Fsp3) is 0.105. The number of hydrogen-bond donors (Lipinski definition) is 1. The average Bonchev–Trinajstić information content (AvgIpc) is 2.70. The number of methoxy groups -OCH3 is 1. The predicted molar refractivity (Wildman–Crippen MR) is 102 cm³/mol. The van der Waals surface area contributed by atoms with Crippen molar-refractivity contribution >= 4 is 17.3 Å². The van der Waals surface area contributed by atoms with E-state index >= 15 is 0 Å². The molecule has 1 N–H and O–H groups in total. The second-order valence-corrected chi connectivity index (χ2v) is 5.80. The van der Waals surface area contributed by atoms with Gasteiger partial charge in [0.25, 0.3) is 17.2 Å². The summed E-state index contributed by atoms with van der Waals surface area (Å²) in [4.78, 5) is 34.9. The SMILES string of the molecule is COc1cc([N+](=O)[O-])ccc1NC(=O)c1ccc(=O)n(Cc2ccccc2)n1. The largest absolute Gasteiger partial charge is 0.494 e. The van der Waals surface area contributed by atoms with Crippen molar-refractivity contribution in [1.82, 2.24) is 9.78 Å². The average molecular weight is 380 g/mol. The van der Waals surface area contributed by atoms with Gasteiger partial charge in [-0.1, -0.05) is 30.3 Å². The Balaban J connectivity index is 1.84. The summed E-state index contributed by atoms with van der Waals surface area (Å²) in [6.45, 7) is 0.224. The zero-order valence-corrected chi connectivity index (χ0v) is 14.9. The van der Waals surface area contributed by atoms with E-state index < -0.39 is 10.8 Å². The Labute approximate surface area is 159 Å². The molecule has 0 aliphatic heterocycles. The third kappa shape index (κ3) is 4.21. The molecule has 3 rings (SSSR count). The van der Waals surface area contributed by atoms with E-state index in [1.54, 1.807) is 0 Å². The van der Waals surface area contributed by atoms with Crippen molar-refractivity contribution < 1.29 is 14.5 Å². The summed E-state index contributed by atoms with van der Waals surface area (Å²) in [5.41, 5.74) is 0.640. The first-order valence-corrected chi connectivity index (χ1v) is 8.24. The molecule has 0 bridgehead atoms. The van der Waals surface area contributed by atoms with E-state index in [2.05, 4.69) is 10.4 Å². The predicted octanol–water partition coefficient (Wildman–Crippen LogP) is 2.46. The van der Waals surface area contributed by atoms with Gasteiger partial charge < -0.3 is 10.1 Å². The highest BCUT2D eigenvalue weighted by molar-refractivity contribution is 6.03. The number of carbonyl (C=O) groups is 1. The number of aromatic nitrogens is 2. The van der Waals surface area contributed by atoms with Crippen LogP contribution in [0.3, 0.4) is 0 Å². The lowest BCUT2D eigenvalue weighted by atomic mass is 10.2. The van der Waals surface area contributed by atoms with Crippen molar-refractivity contribution in [2.75, 3.05) is 12.4 Å². The smallest absolute Gasteiger partial charge is 0.276 e. The summed E-state index contributed by atoms with van der Waals surface area (Å²) < 4.78 is 6.29. The number of non-ortho nitro benzene ring substituents is 1. The summed E-state index contributed by atoms with van der Waals surface area (Å²) in [6, 6.07) is 15.7. The van der Waals surface area contributed by atoms with Crippen LogP contribution in [0.5, 0.6) is 5.75 Å². The van der Waals surface area contributed by atoms with Crippen molar-refractivity contribution in [1.29, 1.82) is 0 Å². The lowest BCUT2D eigenvalue weighted by Gasteiger charge is -2.11. The number of benzene rings is 2. The normalized spacial score (nSPS) is 10.3. The molecule has 1 aromatic heterocycles. The molecule has 9 nitrogen and oxygen atoms in total. The van der Waals surface area contributed by atoms with Gasteiger partial charge in [0.1, 0.15) is 11.4 Å². The van der Waals surface area contributed by atoms with Gasteiger partial charge >= 0.3 is 0 Å². The molecular formula is C19H16N4O5. The van der Waals surface area contributed by atoms with E-state index in [9.17, 15) is 19.7 Å². The summed E-state index contributed by atoms with van der Waals surface area (Å²) in [5, 5.41) is 17.6. The molecule has 0 aliphatic rings. The number of amides is 1. The topological polar surface area (TPSA) is 116 Å². The molecule has 0 fully saturated rings. The third-order valence-corrected chi connectivity index (χ3v) is 3.92. The molecule has 2 aromatic carbocycles. The number of nitro benzene ring substituents is 1. The van der Waals surface area contributed by atoms with Crippen molar-refractivity contribution in [2.24, 2.45) is 0 Å². The molecule has 0 saturated carbocycles. The number of hydrogen-bond acceptors (Lipinski definition) is 6. The molecule has 0 radical (unpaired) electrons. The number of nitrogens with one attached hydrogen (secondary N) is 1. The first-order chi connectivity index (χ1) is 13.5. The quantitative estimate of drug-likeness (QED) is 0.519. The summed E-state index contributed by atoms with van der Waals surface area (Å²) in [5.74, 6) is -0.436. The molecule has 1 amide bonds. The van der Waals surface area contributed by atoms with Crippen LogP contribution in [0.4, 0.5) is 11.4 Å². The Hall–Kier alpha value is -4.01. The van der Waals surface area contributed by atoms with Gasteiger partial charge in [-0.05, 0) is 17.7 Å². The van der Waals surface area contributed by atoms with Gasteiger partial charge in [-0.25, -0.2) is 4.68 Å². The zero-order chi connectivity index (χ0) is 20.1. The van der Waals surface area contributed by atoms with Crippen LogP contribution < -0.4 is 15.6 Å². The maximum Gasteiger partial charge on any atom is 0.276 e. The minimum absolute atomic E-state index is 0.0240. The molecular weight excluding hydrogens is 364 g/mol. The number of nitro groups is 1. The first kappa shape index (κ1) is 18.8. The van der Waals surface area contributed by atoms with Gasteiger partial charge in [0, 0.05) is 12.1 Å². The molecule has 0 saturated heterocycles. The van der Waals surface area contributed by atoms with Crippen LogP contribution in [0, 0.1) is 10.1 Å². The summed E-state index contributed by atoms with van der Waals surface area (Å²) in [7, 11) is 1.34. The Morgan fingerprint density at radius 2 is 1.93 bits per heavy atom. The maximum atomic E-state index is 12.5. The highest BCUT2D eigenvalue weighted by atomic mass is 16.6. The van der Waals surface area contributed by atoms with E-state index in [0.29, 0.717) is 0 Å². The van der Waals surface area contributed by atoms with Crippen LogP contribution in [-0.4, -0.2) is 27.7 Å². The van der Waals surface area contributed by atoms with E-state index in [0.717, 1.165) is 5.56 Å². The van der Waals surface area contributed by atoms with Gasteiger partial charge in [0.2, 0.25) is 0 Å². The first-order valence-electron chi connectivity index (χ1n) is 8.24. The molecule has 0 atom stereocenters. The van der Waals surface area contributed by atoms with Gasteiger partial charge in [-0.2, -0.15) is 5.10 Å². The third-order valence-electron chi connectivity index (χ3n) is 3.92. The zero-order valence-electron chi connectivity index (χ0n) is 14.9. The fourth-order valence-corrected chi connectivity index (χ4v) is 2.52. The Morgan fingerprint density at radius 1 is 1.18 bits per heavy atom. The van der Waals surface area contributed by atoms with Crippen molar-refractivity contribution in [3.05, 3.63) is 92.4 Å². The summed E-state index contributed by atoms with van der Waals surface area (Å²) in [6.07, 6.45) is 0. The van der Waals surface area contributed by atoms with Crippen LogP contribution in [0.25, 0.3) is 0 Å². The number of nitrogens with zero attached hydrogens (tertiary/aromatic N) is 3. The van der Waals surface area contributed by atoms with Crippen molar-refractivity contribution in [3.8, 4) is 5.75 Å². The number of anilines is 1. The summed E-state index contributed by atoms with van der Waals surface area (Å²) >= 11 is 0. The Morgan fingerprint density at radius 3 is 2.61 bits per heavy atom. The Bertz CT molecular complexity index is 1080. The van der Waals surface area contributed by atoms with Crippen LogP contribution >= 0.6 is 0 Å². The molecule has 0 unspecified atom stereocenters. The number of carbonyl (C=O) groups excluding carboxylic acids is 1. The fourth-order valence-electron chi connectivity index (χ4n) is 2.52. The second-order valence-electron chi connectivity index (χ2n) is 5.80. The second kappa shape index (κ2) is 8.12. The monoisotopic (exact) mass is 380 g/mol. The molecule has 0 spiro atoms. The van der Waals surface area contributed by atoms with Crippen LogP contribution in [-0.2, 0) is 6.54 Å². The van der Waals surface area contributed by atoms with E-state index in [1.165, 1.54) is 42.1 Å². The van der Waals surface area contributed by atoms with Crippen molar-refractivity contribution in [2.45, 2.75) is 6.54 Å². The Kier molecular flexibility index (Phi) is 5.45. The van der Waals surface area contributed by atoms with E-state index in [4.69, 9.17) is 4.74 Å². The van der Waals surface area contributed by atoms with Gasteiger partial charge in [-0.3, -0.25) is 19.7 Å². The van der Waals surface area contributed by atoms with E-state index in [-0.39, 0.29) is 34.9 Å². The number of ether oxygens (including phenoxy) is 1. The van der Waals surface area contributed by atoms with Gasteiger partial charge in [0.05, 0.1) is 30.3 Å². The maximum absolute atomic E-state index is 12.5. The van der Waals surface area contributed by atoms with E-state index in [1.807, 2.05) is 30.3 Å².